The Morgan fingerprint density at radius 3 is 2.94 bits per heavy atom. The lowest BCUT2D eigenvalue weighted by atomic mass is 10.1. The van der Waals surface area contributed by atoms with E-state index < -0.39 is 0 Å². The van der Waals surface area contributed by atoms with E-state index in [1.165, 1.54) is 12.2 Å². The van der Waals surface area contributed by atoms with E-state index in [-0.39, 0.29) is 23.6 Å². The number of hydrogen-bond acceptors (Lipinski definition) is 4. The molecule has 94 valence electrons. The Kier molecular flexibility index (Phi) is 6.96. The Morgan fingerprint density at radius 2 is 2.31 bits per heavy atom. The second-order valence-electron chi connectivity index (χ2n) is 4.04. The first-order valence-corrected chi connectivity index (χ1v) is 7.74. The minimum atomic E-state index is 0. The van der Waals surface area contributed by atoms with E-state index >= 15 is 0 Å². The fraction of sp³-hybridized carbons (Fsp3) is 0.900. The lowest BCUT2D eigenvalue weighted by Crippen LogP contribution is -2.38. The van der Waals surface area contributed by atoms with Gasteiger partial charge in [0.15, 0.2) is 0 Å². The highest BCUT2D eigenvalue weighted by molar-refractivity contribution is 8.07. The number of carbonyl (C=O) groups is 1. The van der Waals surface area contributed by atoms with Gasteiger partial charge < -0.3 is 10.6 Å². The number of thioether (sulfide) groups is 2. The number of hydrogen-bond donors (Lipinski definition) is 2. The van der Waals surface area contributed by atoms with E-state index in [1.54, 1.807) is 11.8 Å². The van der Waals surface area contributed by atoms with Gasteiger partial charge in [-0.15, -0.1) is 24.2 Å². The van der Waals surface area contributed by atoms with Gasteiger partial charge in [0.05, 0.1) is 5.25 Å². The molecule has 2 unspecified atom stereocenters. The molecule has 0 aromatic rings. The van der Waals surface area contributed by atoms with Crippen molar-refractivity contribution in [2.45, 2.75) is 11.7 Å². The summed E-state index contributed by atoms with van der Waals surface area (Å²) in [5.74, 6) is 4.20. The predicted octanol–water partition coefficient (Wildman–Crippen LogP) is 0.982. The number of rotatable bonds is 3. The van der Waals surface area contributed by atoms with Gasteiger partial charge in [0.25, 0.3) is 0 Å². The van der Waals surface area contributed by atoms with Gasteiger partial charge >= 0.3 is 0 Å². The van der Waals surface area contributed by atoms with Crippen LogP contribution in [0.1, 0.15) is 6.42 Å². The molecule has 2 fully saturated rings. The average molecular weight is 283 g/mol. The summed E-state index contributed by atoms with van der Waals surface area (Å²) in [4.78, 5) is 11.8. The summed E-state index contributed by atoms with van der Waals surface area (Å²) < 4.78 is 0. The predicted molar refractivity (Wildman–Crippen MR) is 74.8 cm³/mol. The van der Waals surface area contributed by atoms with E-state index in [1.807, 2.05) is 11.8 Å². The van der Waals surface area contributed by atoms with E-state index in [4.69, 9.17) is 0 Å². The summed E-state index contributed by atoms with van der Waals surface area (Å²) in [6.45, 7) is 3.02. The molecule has 2 N–H and O–H groups in total. The topological polar surface area (TPSA) is 41.1 Å². The molecule has 0 spiro atoms. The third kappa shape index (κ3) is 4.35. The van der Waals surface area contributed by atoms with Gasteiger partial charge in [0.2, 0.25) is 5.91 Å². The summed E-state index contributed by atoms with van der Waals surface area (Å²) in [6, 6.07) is 0. The maximum atomic E-state index is 11.8. The van der Waals surface area contributed by atoms with Gasteiger partial charge in [-0.1, -0.05) is 0 Å². The zero-order chi connectivity index (χ0) is 10.5. The summed E-state index contributed by atoms with van der Waals surface area (Å²) in [5.41, 5.74) is 0. The van der Waals surface area contributed by atoms with Crippen LogP contribution in [0, 0.1) is 5.92 Å². The molecule has 0 aromatic heterocycles. The molecule has 2 heterocycles. The molecular formula is C10H19ClN2OS2. The maximum Gasteiger partial charge on any atom is 0.233 e. The van der Waals surface area contributed by atoms with Crippen molar-refractivity contribution in [3.8, 4) is 0 Å². The van der Waals surface area contributed by atoms with Gasteiger partial charge in [-0.05, 0) is 25.4 Å². The Bertz CT molecular complexity index is 219. The van der Waals surface area contributed by atoms with Crippen LogP contribution in [0.5, 0.6) is 0 Å². The van der Waals surface area contributed by atoms with E-state index in [0.29, 0.717) is 5.92 Å². The molecule has 0 aromatic carbocycles. The minimum Gasteiger partial charge on any atom is -0.355 e. The minimum absolute atomic E-state index is 0. The Balaban J connectivity index is 0.00000128. The maximum absolute atomic E-state index is 11.8. The van der Waals surface area contributed by atoms with Crippen molar-refractivity contribution in [2.24, 2.45) is 5.92 Å². The van der Waals surface area contributed by atoms with E-state index in [2.05, 4.69) is 10.6 Å². The molecule has 2 aliphatic heterocycles. The summed E-state index contributed by atoms with van der Waals surface area (Å²) in [5, 5.41) is 6.59. The van der Waals surface area contributed by atoms with Crippen LogP contribution < -0.4 is 10.6 Å². The molecule has 2 rings (SSSR count). The van der Waals surface area contributed by atoms with Crippen molar-refractivity contribution in [3.05, 3.63) is 0 Å². The van der Waals surface area contributed by atoms with Crippen LogP contribution in [-0.4, -0.2) is 48.0 Å². The van der Waals surface area contributed by atoms with E-state index in [0.717, 1.165) is 31.1 Å². The van der Waals surface area contributed by atoms with Gasteiger partial charge in [-0.2, -0.15) is 11.8 Å². The van der Waals surface area contributed by atoms with Crippen molar-refractivity contribution in [3.63, 3.8) is 0 Å². The largest absolute Gasteiger partial charge is 0.355 e. The Hall–Kier alpha value is 0.420. The van der Waals surface area contributed by atoms with Gasteiger partial charge in [0, 0.05) is 23.8 Å². The fourth-order valence-electron chi connectivity index (χ4n) is 1.89. The lowest BCUT2D eigenvalue weighted by Gasteiger charge is -2.21. The first-order chi connectivity index (χ1) is 7.36. The smallest absolute Gasteiger partial charge is 0.233 e. The van der Waals surface area contributed by atoms with Crippen molar-refractivity contribution in [1.29, 1.82) is 0 Å². The molecule has 16 heavy (non-hydrogen) atoms. The highest BCUT2D eigenvalue weighted by Crippen LogP contribution is 2.24. The molecule has 2 saturated heterocycles. The molecule has 2 atom stereocenters. The molecule has 3 nitrogen and oxygen atoms in total. The molecule has 2 aliphatic rings. The van der Waals surface area contributed by atoms with Crippen molar-refractivity contribution in [1.82, 2.24) is 10.6 Å². The Morgan fingerprint density at radius 1 is 1.44 bits per heavy atom. The average Bonchev–Trinajstić information content (AvgIpc) is 2.80. The molecule has 0 bridgehead atoms. The van der Waals surface area contributed by atoms with Gasteiger partial charge in [-0.3, -0.25) is 4.79 Å². The third-order valence-corrected chi connectivity index (χ3v) is 5.59. The molecular weight excluding hydrogens is 264 g/mol. The van der Waals surface area contributed by atoms with Crippen molar-refractivity contribution in [2.75, 3.05) is 36.9 Å². The fourth-order valence-corrected chi connectivity index (χ4v) is 4.47. The zero-order valence-electron chi connectivity index (χ0n) is 9.24. The first-order valence-electron chi connectivity index (χ1n) is 5.54. The quantitative estimate of drug-likeness (QED) is 0.810. The number of nitrogens with one attached hydrogen (secondary N) is 2. The molecule has 0 saturated carbocycles. The van der Waals surface area contributed by atoms with Crippen molar-refractivity contribution < 1.29 is 4.79 Å². The standard InChI is InChI=1S/C10H18N2OS2.ClH/c13-10(9-7-14-3-4-15-9)12-6-8-1-2-11-5-8;/h8-9,11H,1-7H2,(H,12,13);1H. The second kappa shape index (κ2) is 7.69. The van der Waals surface area contributed by atoms with Crippen LogP contribution in [0.2, 0.25) is 0 Å². The SMILES string of the molecule is Cl.O=C(NCC1CCNC1)C1CSCCS1. The third-order valence-electron chi connectivity index (χ3n) is 2.84. The van der Waals surface area contributed by atoms with Crippen LogP contribution in [0.4, 0.5) is 0 Å². The normalized spacial score (nSPS) is 29.5. The van der Waals surface area contributed by atoms with Crippen LogP contribution in [0.15, 0.2) is 0 Å². The second-order valence-corrected chi connectivity index (χ2v) is 6.50. The highest BCUT2D eigenvalue weighted by atomic mass is 35.5. The highest BCUT2D eigenvalue weighted by Gasteiger charge is 2.23. The Labute approximate surface area is 112 Å². The zero-order valence-corrected chi connectivity index (χ0v) is 11.7. The van der Waals surface area contributed by atoms with Crippen molar-refractivity contribution >= 4 is 41.8 Å². The van der Waals surface area contributed by atoms with Crippen LogP contribution >= 0.6 is 35.9 Å². The summed E-state index contributed by atoms with van der Waals surface area (Å²) >= 11 is 3.70. The van der Waals surface area contributed by atoms with Crippen LogP contribution in [0.3, 0.4) is 0 Å². The lowest BCUT2D eigenvalue weighted by molar-refractivity contribution is -0.120. The van der Waals surface area contributed by atoms with Crippen LogP contribution in [-0.2, 0) is 4.79 Å². The summed E-state index contributed by atoms with van der Waals surface area (Å²) in [7, 11) is 0. The first kappa shape index (κ1) is 14.5. The number of carbonyl (C=O) groups excluding carboxylic acids is 1. The van der Waals surface area contributed by atoms with Crippen LogP contribution in [0.25, 0.3) is 0 Å². The summed E-state index contributed by atoms with van der Waals surface area (Å²) in [6.07, 6.45) is 1.20. The molecule has 0 radical (unpaired) electrons. The molecule has 6 heteroatoms. The monoisotopic (exact) mass is 282 g/mol. The van der Waals surface area contributed by atoms with Gasteiger partial charge in [0.1, 0.15) is 0 Å². The number of amides is 1. The molecule has 0 aliphatic carbocycles. The van der Waals surface area contributed by atoms with E-state index in [9.17, 15) is 4.79 Å². The number of halogens is 1. The van der Waals surface area contributed by atoms with Gasteiger partial charge in [-0.25, -0.2) is 0 Å². The molecule has 1 amide bonds.